The first-order valence-corrected chi connectivity index (χ1v) is 7.13. The first-order valence-electron chi connectivity index (χ1n) is 7.13. The zero-order chi connectivity index (χ0) is 14.5. The summed E-state index contributed by atoms with van der Waals surface area (Å²) < 4.78 is 5.34. The van der Waals surface area contributed by atoms with Crippen molar-refractivity contribution in [2.75, 3.05) is 13.2 Å². The Morgan fingerprint density at radius 3 is 3.05 bits per heavy atom. The van der Waals surface area contributed by atoms with E-state index in [1.807, 2.05) is 18.2 Å². The molecular formula is C15H18N4O2. The van der Waals surface area contributed by atoms with Crippen molar-refractivity contribution < 1.29 is 9.53 Å². The van der Waals surface area contributed by atoms with Crippen molar-refractivity contribution in [1.82, 2.24) is 20.5 Å². The van der Waals surface area contributed by atoms with E-state index in [4.69, 9.17) is 4.74 Å². The second-order valence-electron chi connectivity index (χ2n) is 5.14. The van der Waals surface area contributed by atoms with Crippen LogP contribution in [0.25, 0.3) is 0 Å². The van der Waals surface area contributed by atoms with Gasteiger partial charge in [0.05, 0.1) is 0 Å². The number of aromatic nitrogens is 3. The number of carbonyl (C=O) groups excluding carboxylic acids is 1. The molecule has 1 saturated heterocycles. The van der Waals surface area contributed by atoms with Crippen LogP contribution < -0.4 is 5.32 Å². The van der Waals surface area contributed by atoms with Gasteiger partial charge in [0.2, 0.25) is 0 Å². The minimum absolute atomic E-state index is 0.173. The van der Waals surface area contributed by atoms with Crippen molar-refractivity contribution in [2.45, 2.75) is 25.3 Å². The van der Waals surface area contributed by atoms with Crippen LogP contribution in [0.5, 0.6) is 0 Å². The molecule has 1 fully saturated rings. The van der Waals surface area contributed by atoms with Gasteiger partial charge in [0, 0.05) is 43.8 Å². The van der Waals surface area contributed by atoms with E-state index in [1.54, 1.807) is 12.4 Å². The maximum Gasteiger partial charge on any atom is 0.272 e. The molecule has 0 radical (unpaired) electrons. The monoisotopic (exact) mass is 286 g/mol. The van der Waals surface area contributed by atoms with Gasteiger partial charge < -0.3 is 10.1 Å². The van der Waals surface area contributed by atoms with Crippen molar-refractivity contribution in [3.05, 3.63) is 47.5 Å². The summed E-state index contributed by atoms with van der Waals surface area (Å²) in [6, 6.07) is 5.61. The lowest BCUT2D eigenvalue weighted by Gasteiger charge is -2.20. The molecule has 2 aromatic heterocycles. The summed E-state index contributed by atoms with van der Waals surface area (Å²) in [5, 5.41) is 9.93. The van der Waals surface area contributed by atoms with Crippen LogP contribution in [0.2, 0.25) is 0 Å². The molecule has 0 atom stereocenters. The number of hydrogen-bond acceptors (Lipinski definition) is 4. The Morgan fingerprint density at radius 1 is 1.43 bits per heavy atom. The van der Waals surface area contributed by atoms with Gasteiger partial charge in [-0.3, -0.25) is 14.9 Å². The summed E-state index contributed by atoms with van der Waals surface area (Å²) in [6.07, 6.45) is 5.38. The molecule has 0 unspecified atom stereocenters. The highest BCUT2D eigenvalue weighted by Crippen LogP contribution is 2.25. The molecule has 1 aliphatic heterocycles. The lowest BCUT2D eigenvalue weighted by Crippen LogP contribution is -2.23. The normalized spacial score (nSPS) is 15.8. The van der Waals surface area contributed by atoms with Gasteiger partial charge in [-0.25, -0.2) is 0 Å². The van der Waals surface area contributed by atoms with Gasteiger partial charge in [-0.15, -0.1) is 0 Å². The second-order valence-corrected chi connectivity index (χ2v) is 5.14. The molecule has 0 aliphatic carbocycles. The van der Waals surface area contributed by atoms with Gasteiger partial charge in [-0.2, -0.15) is 5.10 Å². The number of rotatable bonds is 4. The van der Waals surface area contributed by atoms with E-state index in [0.29, 0.717) is 18.2 Å². The molecule has 6 nitrogen and oxygen atoms in total. The highest BCUT2D eigenvalue weighted by Gasteiger charge is 2.19. The lowest BCUT2D eigenvalue weighted by molar-refractivity contribution is 0.0845. The standard InChI is InChI=1S/C15H18N4O2/c20-15(17-10-11-2-1-5-16-9-11)14-8-13(18-19-14)12-3-6-21-7-4-12/h1-2,5,8-9,12H,3-4,6-7,10H2,(H,17,20)(H,18,19). The van der Waals surface area contributed by atoms with Gasteiger partial charge >= 0.3 is 0 Å². The number of nitrogens with zero attached hydrogens (tertiary/aromatic N) is 2. The van der Waals surface area contributed by atoms with E-state index in [2.05, 4.69) is 20.5 Å². The van der Waals surface area contributed by atoms with Crippen molar-refractivity contribution in [2.24, 2.45) is 0 Å². The Kier molecular flexibility index (Phi) is 4.25. The molecule has 2 N–H and O–H groups in total. The van der Waals surface area contributed by atoms with Crippen LogP contribution >= 0.6 is 0 Å². The van der Waals surface area contributed by atoms with E-state index in [9.17, 15) is 4.79 Å². The summed E-state index contributed by atoms with van der Waals surface area (Å²) in [7, 11) is 0. The fourth-order valence-electron chi connectivity index (χ4n) is 2.45. The fourth-order valence-corrected chi connectivity index (χ4v) is 2.45. The van der Waals surface area contributed by atoms with Crippen LogP contribution in [0.15, 0.2) is 30.6 Å². The van der Waals surface area contributed by atoms with Gasteiger partial charge in [-0.1, -0.05) is 6.07 Å². The molecule has 0 saturated carbocycles. The largest absolute Gasteiger partial charge is 0.381 e. The SMILES string of the molecule is O=C(NCc1cccnc1)c1cc(C2CCOCC2)[nH]n1. The third-order valence-electron chi connectivity index (χ3n) is 3.67. The van der Waals surface area contributed by atoms with Crippen LogP contribution in [0.3, 0.4) is 0 Å². The van der Waals surface area contributed by atoms with E-state index in [1.165, 1.54) is 0 Å². The number of nitrogens with one attached hydrogen (secondary N) is 2. The zero-order valence-electron chi connectivity index (χ0n) is 11.7. The number of pyridine rings is 1. The Hall–Kier alpha value is -2.21. The highest BCUT2D eigenvalue weighted by molar-refractivity contribution is 5.92. The number of amides is 1. The molecule has 3 heterocycles. The third-order valence-corrected chi connectivity index (χ3v) is 3.67. The molecule has 110 valence electrons. The molecule has 1 amide bonds. The molecule has 3 rings (SSSR count). The minimum Gasteiger partial charge on any atom is -0.381 e. The lowest BCUT2D eigenvalue weighted by atomic mass is 9.96. The third kappa shape index (κ3) is 3.46. The van der Waals surface area contributed by atoms with Crippen molar-refractivity contribution in [3.63, 3.8) is 0 Å². The topological polar surface area (TPSA) is 79.9 Å². The predicted octanol–water partition coefficient (Wildman–Crippen LogP) is 1.63. The van der Waals surface area contributed by atoms with Crippen molar-refractivity contribution >= 4 is 5.91 Å². The van der Waals surface area contributed by atoms with Gasteiger partial charge in [-0.05, 0) is 30.5 Å². The summed E-state index contributed by atoms with van der Waals surface area (Å²) >= 11 is 0. The quantitative estimate of drug-likeness (QED) is 0.895. The number of aromatic amines is 1. The molecule has 0 spiro atoms. The molecule has 0 bridgehead atoms. The number of carbonyl (C=O) groups is 1. The first kappa shape index (κ1) is 13.8. The molecule has 2 aromatic rings. The average Bonchev–Trinajstić information content (AvgIpc) is 3.04. The van der Waals surface area contributed by atoms with Crippen LogP contribution in [-0.4, -0.2) is 34.3 Å². The first-order chi connectivity index (χ1) is 10.3. The predicted molar refractivity (Wildman–Crippen MR) is 76.8 cm³/mol. The average molecular weight is 286 g/mol. The van der Waals surface area contributed by atoms with Crippen molar-refractivity contribution in [1.29, 1.82) is 0 Å². The Balaban J connectivity index is 1.59. The highest BCUT2D eigenvalue weighted by atomic mass is 16.5. The zero-order valence-corrected chi connectivity index (χ0v) is 11.7. The van der Waals surface area contributed by atoms with Gasteiger partial charge in [0.15, 0.2) is 0 Å². The summed E-state index contributed by atoms with van der Waals surface area (Å²) in [5.41, 5.74) is 2.41. The minimum atomic E-state index is -0.173. The van der Waals surface area contributed by atoms with Crippen LogP contribution in [0, 0.1) is 0 Å². The Labute approximate surface area is 122 Å². The molecule has 0 aromatic carbocycles. The van der Waals surface area contributed by atoms with Crippen LogP contribution in [-0.2, 0) is 11.3 Å². The Bertz CT molecular complexity index is 591. The van der Waals surface area contributed by atoms with E-state index in [-0.39, 0.29) is 5.91 Å². The van der Waals surface area contributed by atoms with E-state index >= 15 is 0 Å². The summed E-state index contributed by atoms with van der Waals surface area (Å²) in [5.74, 6) is 0.236. The molecule has 6 heteroatoms. The maximum atomic E-state index is 12.1. The van der Waals surface area contributed by atoms with Crippen LogP contribution in [0.4, 0.5) is 0 Å². The summed E-state index contributed by atoms with van der Waals surface area (Å²) in [6.45, 7) is 1.99. The summed E-state index contributed by atoms with van der Waals surface area (Å²) in [4.78, 5) is 16.1. The van der Waals surface area contributed by atoms with Crippen molar-refractivity contribution in [3.8, 4) is 0 Å². The Morgan fingerprint density at radius 2 is 2.29 bits per heavy atom. The molecule has 21 heavy (non-hydrogen) atoms. The molecule has 1 aliphatic rings. The molecular weight excluding hydrogens is 268 g/mol. The fraction of sp³-hybridized carbons (Fsp3) is 0.400. The number of H-pyrrole nitrogens is 1. The van der Waals surface area contributed by atoms with Gasteiger partial charge in [0.1, 0.15) is 5.69 Å². The van der Waals surface area contributed by atoms with Gasteiger partial charge in [0.25, 0.3) is 5.91 Å². The van der Waals surface area contributed by atoms with Crippen LogP contribution in [0.1, 0.15) is 40.5 Å². The van der Waals surface area contributed by atoms with E-state index in [0.717, 1.165) is 37.3 Å². The maximum absolute atomic E-state index is 12.1. The smallest absolute Gasteiger partial charge is 0.272 e. The van der Waals surface area contributed by atoms with E-state index < -0.39 is 0 Å². The second kappa shape index (κ2) is 6.49. The number of ether oxygens (including phenoxy) is 1. The number of hydrogen-bond donors (Lipinski definition) is 2.